The molecule has 7 rings (SSSR count). The van der Waals surface area contributed by atoms with E-state index in [0.717, 1.165) is 49.3 Å². The molecule has 1 amide bonds. The van der Waals surface area contributed by atoms with Crippen LogP contribution in [-0.4, -0.2) is 99.2 Å². The fraction of sp³-hybridized carbons (Fsp3) is 0.349. The first kappa shape index (κ1) is 42.6. The number of pyridine rings is 1. The zero-order chi connectivity index (χ0) is 42.4. The highest BCUT2D eigenvalue weighted by Crippen LogP contribution is 2.34. The normalized spacial score (nSPS) is 16.8. The number of nitro benzene ring substituents is 1. The molecule has 316 valence electrons. The van der Waals surface area contributed by atoms with Gasteiger partial charge in [-0.05, 0) is 78.9 Å². The Labute approximate surface area is 353 Å². The Kier molecular flexibility index (Phi) is 13.4. The predicted octanol–water partition coefficient (Wildman–Crippen LogP) is 7.04. The number of H-pyrrole nitrogens is 1. The number of benzene rings is 3. The summed E-state index contributed by atoms with van der Waals surface area (Å²) in [6.45, 7) is 12.1. The molecule has 2 aliphatic heterocycles. The summed E-state index contributed by atoms with van der Waals surface area (Å²) in [4.78, 5) is 36.7. The monoisotopic (exact) mass is 857 g/mol. The van der Waals surface area contributed by atoms with Crippen molar-refractivity contribution in [2.75, 3.05) is 63.9 Å². The highest BCUT2D eigenvalue weighted by atomic mass is 35.5. The maximum Gasteiger partial charge on any atom is 0.312 e. The topological polar surface area (TPSA) is 181 Å². The van der Waals surface area contributed by atoms with E-state index in [0.29, 0.717) is 55.1 Å². The van der Waals surface area contributed by atoms with Gasteiger partial charge < -0.3 is 29.4 Å². The van der Waals surface area contributed by atoms with Crippen LogP contribution in [0.4, 0.5) is 11.4 Å². The smallest absolute Gasteiger partial charge is 0.312 e. The number of sulfonamides is 1. The molecule has 2 aliphatic rings. The Morgan fingerprint density at radius 1 is 1.05 bits per heavy atom. The largest absolute Gasteiger partial charge is 0.484 e. The van der Waals surface area contributed by atoms with Gasteiger partial charge in [0.05, 0.1) is 28.2 Å². The van der Waals surface area contributed by atoms with Gasteiger partial charge in [-0.15, -0.1) is 0 Å². The number of anilines is 1. The maximum absolute atomic E-state index is 13.9. The van der Waals surface area contributed by atoms with Crippen LogP contribution in [0.5, 0.6) is 17.2 Å². The van der Waals surface area contributed by atoms with Crippen LogP contribution in [0, 0.1) is 16.0 Å². The van der Waals surface area contributed by atoms with Crippen molar-refractivity contribution in [3.05, 3.63) is 117 Å². The van der Waals surface area contributed by atoms with E-state index in [1.54, 1.807) is 24.4 Å². The van der Waals surface area contributed by atoms with E-state index < -0.39 is 31.4 Å². The van der Waals surface area contributed by atoms with Crippen LogP contribution in [0.15, 0.2) is 95.7 Å². The standard InChI is InChI=1S/C43H48ClN7O8S/c1-28(2)20-38(30-4-6-32(44)7-5-30)29(3)26-49-15-17-50(18-16-49)33-8-10-37(41(22-33)59-34-21-31-12-13-46-42(31)47-25-34)43(52)48-60(55,56)36-9-11-40(39(23-36)51(53)54)58-27-35-24-45-14-19-57-35/h4-13,21-23,25,28,35,45H,14-20,24,26-27H2,1-3H3,(H,46,47)(H,48,52)/b38-29-/t35-/m1/s1. The number of aromatic nitrogens is 2. The van der Waals surface area contributed by atoms with Gasteiger partial charge in [0.2, 0.25) is 0 Å². The lowest BCUT2D eigenvalue weighted by Gasteiger charge is -2.37. The van der Waals surface area contributed by atoms with Gasteiger partial charge in [0.1, 0.15) is 29.9 Å². The Balaban J connectivity index is 1.09. The van der Waals surface area contributed by atoms with Crippen molar-refractivity contribution in [1.82, 2.24) is 24.9 Å². The van der Waals surface area contributed by atoms with E-state index in [9.17, 15) is 23.3 Å². The number of morpholine rings is 1. The summed E-state index contributed by atoms with van der Waals surface area (Å²) in [5, 5.41) is 16.6. The molecule has 0 bridgehead atoms. The van der Waals surface area contributed by atoms with E-state index in [1.165, 1.54) is 35.0 Å². The molecule has 0 radical (unpaired) electrons. The molecular weight excluding hydrogens is 810 g/mol. The first-order valence-electron chi connectivity index (χ1n) is 19.8. The summed E-state index contributed by atoms with van der Waals surface area (Å²) in [6, 6.07) is 19.8. The lowest BCUT2D eigenvalue weighted by Crippen LogP contribution is -2.47. The number of amides is 1. The molecule has 2 saturated heterocycles. The molecule has 2 fully saturated rings. The Morgan fingerprint density at radius 3 is 2.55 bits per heavy atom. The number of hydrogen-bond donors (Lipinski definition) is 3. The Bertz CT molecular complexity index is 2480. The SMILES string of the molecule is C/C(CN1CCN(c2ccc(C(=O)NS(=O)(=O)c3ccc(OC[C@H]4CNCCO4)c([N+](=O)[O-])c3)c(Oc3cnc4[nH]ccc4c3)c2)CC1)=C(\CC(C)C)c1ccc(Cl)cc1. The summed E-state index contributed by atoms with van der Waals surface area (Å²) < 4.78 is 46.8. The van der Waals surface area contributed by atoms with Crippen molar-refractivity contribution in [3.63, 3.8) is 0 Å². The number of nitrogens with one attached hydrogen (secondary N) is 3. The lowest BCUT2D eigenvalue weighted by molar-refractivity contribution is -0.386. The third-order valence-corrected chi connectivity index (χ3v) is 12.0. The van der Waals surface area contributed by atoms with Gasteiger partial charge in [-0.2, -0.15) is 0 Å². The number of fused-ring (bicyclic) bond motifs is 1. The van der Waals surface area contributed by atoms with Crippen molar-refractivity contribution in [1.29, 1.82) is 0 Å². The summed E-state index contributed by atoms with van der Waals surface area (Å²) in [5.41, 5.74) is 4.63. The van der Waals surface area contributed by atoms with Crippen LogP contribution < -0.4 is 24.4 Å². The van der Waals surface area contributed by atoms with Crippen molar-refractivity contribution >= 4 is 55.5 Å². The minimum atomic E-state index is -4.60. The average Bonchev–Trinajstić information content (AvgIpc) is 3.71. The molecule has 1 atom stereocenters. The summed E-state index contributed by atoms with van der Waals surface area (Å²) in [6.07, 6.45) is 3.89. The number of carbonyl (C=O) groups is 1. The third-order valence-electron chi connectivity index (χ3n) is 10.4. The number of piperazine rings is 1. The zero-order valence-corrected chi connectivity index (χ0v) is 35.2. The predicted molar refractivity (Wildman–Crippen MR) is 231 cm³/mol. The second-order valence-electron chi connectivity index (χ2n) is 15.3. The number of halogens is 1. The van der Waals surface area contributed by atoms with Crippen molar-refractivity contribution < 1.29 is 32.3 Å². The van der Waals surface area contributed by atoms with Crippen LogP contribution in [0.25, 0.3) is 16.6 Å². The highest BCUT2D eigenvalue weighted by Gasteiger charge is 2.28. The second kappa shape index (κ2) is 18.8. The molecule has 4 heterocycles. The van der Waals surface area contributed by atoms with E-state index in [4.69, 9.17) is 25.8 Å². The Morgan fingerprint density at radius 2 is 1.83 bits per heavy atom. The molecule has 15 nitrogen and oxygen atoms in total. The molecule has 0 aliphatic carbocycles. The van der Waals surface area contributed by atoms with E-state index in [1.807, 2.05) is 18.2 Å². The number of hydrogen-bond acceptors (Lipinski definition) is 12. The minimum Gasteiger partial charge on any atom is -0.484 e. The molecule has 0 unspecified atom stereocenters. The van der Waals surface area contributed by atoms with Crippen molar-refractivity contribution in [2.45, 2.75) is 38.2 Å². The van der Waals surface area contributed by atoms with Crippen LogP contribution >= 0.6 is 11.6 Å². The van der Waals surface area contributed by atoms with Crippen LogP contribution in [-0.2, 0) is 14.8 Å². The molecule has 0 saturated carbocycles. The van der Waals surface area contributed by atoms with E-state index in [-0.39, 0.29) is 29.8 Å². The van der Waals surface area contributed by atoms with Crippen LogP contribution in [0.3, 0.4) is 0 Å². The fourth-order valence-electron chi connectivity index (χ4n) is 7.35. The first-order valence-corrected chi connectivity index (χ1v) is 21.7. The van der Waals surface area contributed by atoms with Crippen LogP contribution in [0.1, 0.15) is 43.1 Å². The average molecular weight is 858 g/mol. The number of ether oxygens (including phenoxy) is 3. The lowest BCUT2D eigenvalue weighted by atomic mass is 9.92. The summed E-state index contributed by atoms with van der Waals surface area (Å²) in [7, 11) is -4.60. The molecule has 0 spiro atoms. The number of rotatable bonds is 15. The first-order chi connectivity index (χ1) is 28.8. The number of carbonyl (C=O) groups excluding carboxylic acids is 1. The van der Waals surface area contributed by atoms with Gasteiger partial charge in [-0.25, -0.2) is 18.1 Å². The van der Waals surface area contributed by atoms with Crippen LogP contribution in [0.2, 0.25) is 5.02 Å². The minimum absolute atomic E-state index is 0.0269. The van der Waals surface area contributed by atoms with Gasteiger partial charge in [-0.3, -0.25) is 19.8 Å². The number of nitro groups is 1. The zero-order valence-electron chi connectivity index (χ0n) is 33.6. The quantitative estimate of drug-likeness (QED) is 0.0723. The number of allylic oxidation sites excluding steroid dienone is 1. The van der Waals surface area contributed by atoms with Gasteiger partial charge in [0.25, 0.3) is 15.9 Å². The maximum atomic E-state index is 13.9. The highest BCUT2D eigenvalue weighted by molar-refractivity contribution is 7.90. The summed E-state index contributed by atoms with van der Waals surface area (Å²) >= 11 is 6.19. The van der Waals surface area contributed by atoms with Crippen molar-refractivity contribution in [2.24, 2.45) is 5.92 Å². The van der Waals surface area contributed by atoms with Gasteiger partial charge >= 0.3 is 5.69 Å². The molecule has 5 aromatic rings. The molecule has 3 aromatic carbocycles. The molecular formula is C43H48ClN7O8S. The molecule has 17 heteroatoms. The molecule has 3 N–H and O–H groups in total. The fourth-order valence-corrected chi connectivity index (χ4v) is 8.46. The van der Waals surface area contributed by atoms with E-state index >= 15 is 0 Å². The van der Waals surface area contributed by atoms with Gasteiger partial charge in [0, 0.05) is 80.2 Å². The van der Waals surface area contributed by atoms with E-state index in [2.05, 4.69) is 62.7 Å². The van der Waals surface area contributed by atoms with Crippen molar-refractivity contribution in [3.8, 4) is 17.2 Å². The third kappa shape index (κ3) is 10.4. The number of aromatic amines is 1. The van der Waals surface area contributed by atoms with Gasteiger partial charge in [0.15, 0.2) is 5.75 Å². The summed E-state index contributed by atoms with van der Waals surface area (Å²) in [5.74, 6) is -0.180. The van der Waals surface area contributed by atoms with Gasteiger partial charge in [-0.1, -0.05) is 43.2 Å². The molecule has 2 aromatic heterocycles. The number of nitrogens with zero attached hydrogens (tertiary/aromatic N) is 4. The Hall–Kier alpha value is -5.52. The molecule has 60 heavy (non-hydrogen) atoms. The second-order valence-corrected chi connectivity index (χ2v) is 17.4.